The highest BCUT2D eigenvalue weighted by Gasteiger charge is 2.23. The van der Waals surface area contributed by atoms with Gasteiger partial charge in [-0.3, -0.25) is 0 Å². The molecule has 2 heterocycles. The molecule has 142 valence electrons. The number of aliphatic imine (C=N–C) groups is 1. The van der Waals surface area contributed by atoms with E-state index in [1.54, 1.807) is 0 Å². The van der Waals surface area contributed by atoms with Crippen molar-refractivity contribution in [2.24, 2.45) is 4.99 Å². The van der Waals surface area contributed by atoms with Gasteiger partial charge >= 0.3 is 0 Å². The first-order valence-electron chi connectivity index (χ1n) is 9.93. The standard InChI is InChI=1S/C26H22NOP/c1-4-10-20(11-5-1)23-18-28-26(27-23)19-29-24(21-12-6-2-7-13-21)16-17-25(29)22-14-8-3-9-15-22/h1-17,23H,18-19H2/t23-/m0/s1. The molecule has 1 aliphatic rings. The molecule has 0 spiro atoms. The Morgan fingerprint density at radius 3 is 1.76 bits per heavy atom. The van der Waals surface area contributed by atoms with Crippen LogP contribution in [0, 0.1) is 0 Å². The van der Waals surface area contributed by atoms with Gasteiger partial charge in [0, 0.05) is 10.6 Å². The summed E-state index contributed by atoms with van der Waals surface area (Å²) in [6.45, 7) is 0.636. The summed E-state index contributed by atoms with van der Waals surface area (Å²) in [5.41, 5.74) is 3.80. The van der Waals surface area contributed by atoms with Gasteiger partial charge in [-0.15, -0.1) is 0 Å². The lowest BCUT2D eigenvalue weighted by Crippen LogP contribution is -2.00. The average Bonchev–Trinajstić information content (AvgIpc) is 3.43. The number of hydrogen-bond donors (Lipinski definition) is 0. The van der Waals surface area contributed by atoms with E-state index in [0.29, 0.717) is 6.61 Å². The fourth-order valence-corrected chi connectivity index (χ4v) is 6.33. The summed E-state index contributed by atoms with van der Waals surface area (Å²) in [5, 5.41) is 2.79. The zero-order valence-corrected chi connectivity index (χ0v) is 17.0. The minimum absolute atomic E-state index is 0.108. The molecule has 1 aromatic heterocycles. The monoisotopic (exact) mass is 395 g/mol. The predicted molar refractivity (Wildman–Crippen MR) is 123 cm³/mol. The van der Waals surface area contributed by atoms with Gasteiger partial charge in [-0.2, -0.15) is 0 Å². The van der Waals surface area contributed by atoms with Crippen LogP contribution < -0.4 is 0 Å². The van der Waals surface area contributed by atoms with Crippen LogP contribution in [0.25, 0.3) is 21.7 Å². The molecule has 0 aliphatic carbocycles. The lowest BCUT2D eigenvalue weighted by molar-refractivity contribution is 0.315. The molecule has 0 bridgehead atoms. The van der Waals surface area contributed by atoms with Gasteiger partial charge in [0.1, 0.15) is 12.6 Å². The van der Waals surface area contributed by atoms with E-state index in [2.05, 4.69) is 97.1 Å². The van der Waals surface area contributed by atoms with Crippen LogP contribution in [0.2, 0.25) is 0 Å². The molecule has 3 heteroatoms. The van der Waals surface area contributed by atoms with Crippen LogP contribution in [0.3, 0.4) is 0 Å². The highest BCUT2D eigenvalue weighted by atomic mass is 31.1. The van der Waals surface area contributed by atoms with Crippen LogP contribution in [-0.4, -0.2) is 12.5 Å². The van der Waals surface area contributed by atoms with Gasteiger partial charge in [-0.05, 0) is 28.8 Å². The van der Waals surface area contributed by atoms with Crippen LogP contribution >= 0.6 is 7.53 Å². The maximum atomic E-state index is 6.06. The Labute approximate surface area is 172 Å². The van der Waals surface area contributed by atoms with Gasteiger partial charge in [-0.25, -0.2) is 4.99 Å². The molecular weight excluding hydrogens is 373 g/mol. The van der Waals surface area contributed by atoms with E-state index in [1.165, 1.54) is 27.3 Å². The summed E-state index contributed by atoms with van der Waals surface area (Å²) in [6, 6.07) is 36.5. The molecule has 0 saturated carbocycles. The molecule has 5 rings (SSSR count). The first kappa shape index (κ1) is 18.0. The molecular formula is C26H22NOP. The topological polar surface area (TPSA) is 21.6 Å². The summed E-state index contributed by atoms with van der Waals surface area (Å²) in [5.74, 6) is 0.885. The Morgan fingerprint density at radius 1 is 0.690 bits per heavy atom. The van der Waals surface area contributed by atoms with Gasteiger partial charge < -0.3 is 4.74 Å². The molecule has 29 heavy (non-hydrogen) atoms. The van der Waals surface area contributed by atoms with E-state index >= 15 is 0 Å². The number of hydrogen-bond acceptors (Lipinski definition) is 2. The van der Waals surface area contributed by atoms with Gasteiger partial charge in [0.05, 0.1) is 6.16 Å². The lowest BCUT2D eigenvalue weighted by atomic mass is 10.1. The van der Waals surface area contributed by atoms with E-state index in [0.717, 1.165) is 12.1 Å². The number of ether oxygens (including phenoxy) is 1. The van der Waals surface area contributed by atoms with Crippen LogP contribution in [0.5, 0.6) is 0 Å². The van der Waals surface area contributed by atoms with Crippen molar-refractivity contribution >= 4 is 13.4 Å². The molecule has 2 nitrogen and oxygen atoms in total. The maximum absolute atomic E-state index is 6.06. The normalized spacial score (nSPS) is 15.7. The minimum Gasteiger partial charge on any atom is -0.478 e. The van der Waals surface area contributed by atoms with E-state index in [-0.39, 0.29) is 6.04 Å². The summed E-state index contributed by atoms with van der Waals surface area (Å²) in [6.07, 6.45) is 0.847. The molecule has 3 aromatic carbocycles. The Balaban J connectivity index is 1.52. The zero-order valence-electron chi connectivity index (χ0n) is 16.1. The van der Waals surface area contributed by atoms with Crippen LogP contribution in [0.4, 0.5) is 0 Å². The quantitative estimate of drug-likeness (QED) is 0.351. The summed E-state index contributed by atoms with van der Waals surface area (Å²) < 4.78 is 6.06. The fraction of sp³-hybridized carbons (Fsp3) is 0.115. The third kappa shape index (κ3) is 3.77. The van der Waals surface area contributed by atoms with Crippen molar-refractivity contribution < 1.29 is 4.74 Å². The van der Waals surface area contributed by atoms with E-state index in [4.69, 9.17) is 9.73 Å². The van der Waals surface area contributed by atoms with Crippen molar-refractivity contribution in [3.8, 4) is 21.7 Å². The van der Waals surface area contributed by atoms with Crippen molar-refractivity contribution in [2.75, 3.05) is 6.61 Å². The van der Waals surface area contributed by atoms with Crippen molar-refractivity contribution in [3.63, 3.8) is 0 Å². The molecule has 0 radical (unpaired) electrons. The third-order valence-corrected chi connectivity index (χ3v) is 7.87. The van der Waals surface area contributed by atoms with Gasteiger partial charge in [0.2, 0.25) is 0 Å². The summed E-state index contributed by atoms with van der Waals surface area (Å²) in [7, 11) is -0.557. The smallest absolute Gasteiger partial charge is 0.192 e. The van der Waals surface area contributed by atoms with Gasteiger partial charge in [0.25, 0.3) is 0 Å². The molecule has 4 aromatic rings. The van der Waals surface area contributed by atoms with Crippen LogP contribution in [-0.2, 0) is 10.9 Å². The molecule has 0 amide bonds. The van der Waals surface area contributed by atoms with E-state index in [1.807, 2.05) is 6.07 Å². The molecule has 0 unspecified atom stereocenters. The van der Waals surface area contributed by atoms with Crippen molar-refractivity contribution in [3.05, 3.63) is 109 Å². The maximum Gasteiger partial charge on any atom is 0.192 e. The average molecular weight is 395 g/mol. The largest absolute Gasteiger partial charge is 0.478 e. The molecule has 0 saturated heterocycles. The number of rotatable bonds is 5. The predicted octanol–water partition coefficient (Wildman–Crippen LogP) is 7.18. The highest BCUT2D eigenvalue weighted by molar-refractivity contribution is 7.56. The Morgan fingerprint density at radius 2 is 1.21 bits per heavy atom. The van der Waals surface area contributed by atoms with Gasteiger partial charge in [-0.1, -0.05) is 98.5 Å². The third-order valence-electron chi connectivity index (χ3n) is 5.31. The van der Waals surface area contributed by atoms with Crippen molar-refractivity contribution in [1.82, 2.24) is 0 Å². The first-order valence-corrected chi connectivity index (χ1v) is 11.5. The number of benzene rings is 3. The SMILES string of the molecule is c1ccc(-c2ccc(-c3ccccc3)p2CC2=N[C@H](c3ccccc3)CO2)cc1. The van der Waals surface area contributed by atoms with Gasteiger partial charge in [0.15, 0.2) is 5.90 Å². The fourth-order valence-electron chi connectivity index (χ4n) is 3.85. The minimum atomic E-state index is -0.557. The molecule has 0 N–H and O–H groups in total. The van der Waals surface area contributed by atoms with Crippen molar-refractivity contribution in [2.45, 2.75) is 12.2 Å². The Bertz CT molecular complexity index is 1060. The molecule has 1 atom stereocenters. The lowest BCUT2D eigenvalue weighted by Gasteiger charge is -2.10. The van der Waals surface area contributed by atoms with E-state index in [9.17, 15) is 0 Å². The number of nitrogens with zero attached hydrogens (tertiary/aromatic N) is 1. The van der Waals surface area contributed by atoms with E-state index < -0.39 is 7.53 Å². The second-order valence-electron chi connectivity index (χ2n) is 7.18. The molecule has 1 aliphatic heterocycles. The zero-order chi connectivity index (χ0) is 19.5. The second-order valence-corrected chi connectivity index (χ2v) is 9.32. The Hall–Kier alpha value is -3.09. The highest BCUT2D eigenvalue weighted by Crippen LogP contribution is 2.52. The first-order chi connectivity index (χ1) is 14.4. The molecule has 0 fully saturated rings. The van der Waals surface area contributed by atoms with Crippen LogP contribution in [0.1, 0.15) is 11.6 Å². The Kier molecular flexibility index (Phi) is 5.02. The van der Waals surface area contributed by atoms with Crippen molar-refractivity contribution in [1.29, 1.82) is 0 Å². The second kappa shape index (κ2) is 8.11. The summed E-state index contributed by atoms with van der Waals surface area (Å²) in [4.78, 5) is 4.93. The summed E-state index contributed by atoms with van der Waals surface area (Å²) >= 11 is 0. The van der Waals surface area contributed by atoms with Crippen LogP contribution in [0.15, 0.2) is 108 Å².